The first-order valence-corrected chi connectivity index (χ1v) is 12.4. The fraction of sp³-hybridized carbons (Fsp3) is 0.120. The number of amides is 2. The van der Waals surface area contributed by atoms with Gasteiger partial charge in [0.25, 0.3) is 17.5 Å². The van der Waals surface area contributed by atoms with Gasteiger partial charge in [0.15, 0.2) is 5.17 Å². The van der Waals surface area contributed by atoms with Crippen molar-refractivity contribution in [2.75, 3.05) is 5.32 Å². The van der Waals surface area contributed by atoms with E-state index in [9.17, 15) is 9.59 Å². The minimum Gasteiger partial charge on any atom is -0.321 e. The van der Waals surface area contributed by atoms with Gasteiger partial charge in [-0.25, -0.2) is 10.0 Å². The minimum absolute atomic E-state index is 0.299. The number of amidine groups is 1. The van der Waals surface area contributed by atoms with Crippen LogP contribution in [0.3, 0.4) is 0 Å². The quantitative estimate of drug-likeness (QED) is 0.532. The van der Waals surface area contributed by atoms with Crippen LogP contribution in [0.4, 0.5) is 5.69 Å². The SMILES string of the molecule is Cc1ccc(CSC2=NN3C(=c4ccccc4=NC34C(=O)Nc3ccc(Br)cc34)C(=O)N2)cc1. The molecular formula is C25H18BrN5O2S. The third kappa shape index (κ3) is 3.19. The monoisotopic (exact) mass is 531 g/mol. The summed E-state index contributed by atoms with van der Waals surface area (Å²) in [5.41, 5.74) is 2.36. The molecule has 3 heterocycles. The Balaban J connectivity index is 1.52. The van der Waals surface area contributed by atoms with Crippen molar-refractivity contribution in [1.82, 2.24) is 10.3 Å². The Morgan fingerprint density at radius 2 is 1.82 bits per heavy atom. The van der Waals surface area contributed by atoms with Crippen LogP contribution in [0.2, 0.25) is 0 Å². The number of fused-ring (bicyclic) bond motifs is 5. The Morgan fingerprint density at radius 3 is 2.65 bits per heavy atom. The lowest BCUT2D eigenvalue weighted by Gasteiger charge is -2.39. The molecule has 168 valence electrons. The predicted octanol–water partition coefficient (Wildman–Crippen LogP) is 2.94. The van der Waals surface area contributed by atoms with Crippen LogP contribution < -0.4 is 21.2 Å². The maximum absolute atomic E-state index is 13.5. The summed E-state index contributed by atoms with van der Waals surface area (Å²) in [6.45, 7) is 2.04. The van der Waals surface area contributed by atoms with E-state index in [0.29, 0.717) is 38.4 Å². The molecule has 0 fully saturated rings. The van der Waals surface area contributed by atoms with Crippen molar-refractivity contribution in [3.63, 3.8) is 0 Å². The second kappa shape index (κ2) is 7.82. The normalized spacial score (nSPS) is 20.1. The Morgan fingerprint density at radius 1 is 1.03 bits per heavy atom. The smallest absolute Gasteiger partial charge is 0.279 e. The Kier molecular flexibility index (Phi) is 4.86. The van der Waals surface area contributed by atoms with Crippen molar-refractivity contribution in [2.24, 2.45) is 10.1 Å². The van der Waals surface area contributed by atoms with E-state index in [1.165, 1.54) is 22.3 Å². The van der Waals surface area contributed by atoms with Crippen molar-refractivity contribution >= 4 is 56.1 Å². The summed E-state index contributed by atoms with van der Waals surface area (Å²) >= 11 is 4.91. The summed E-state index contributed by atoms with van der Waals surface area (Å²) in [6.07, 6.45) is 0. The summed E-state index contributed by atoms with van der Waals surface area (Å²) < 4.78 is 0.803. The lowest BCUT2D eigenvalue weighted by molar-refractivity contribution is -0.127. The first-order chi connectivity index (χ1) is 16.5. The van der Waals surface area contributed by atoms with Crippen LogP contribution in [0.5, 0.6) is 0 Å². The van der Waals surface area contributed by atoms with Crippen molar-refractivity contribution < 1.29 is 9.59 Å². The molecule has 0 saturated heterocycles. The Bertz CT molecular complexity index is 1540. The fourth-order valence-corrected chi connectivity index (χ4v) is 5.51. The van der Waals surface area contributed by atoms with E-state index in [4.69, 9.17) is 10.1 Å². The molecule has 34 heavy (non-hydrogen) atoms. The second-order valence-electron chi connectivity index (χ2n) is 8.24. The lowest BCUT2D eigenvalue weighted by atomic mass is 9.97. The summed E-state index contributed by atoms with van der Waals surface area (Å²) in [6, 6.07) is 21.1. The number of hydrogen-bond donors (Lipinski definition) is 2. The topological polar surface area (TPSA) is 86.2 Å². The van der Waals surface area contributed by atoms with Crippen LogP contribution >= 0.6 is 27.7 Å². The molecule has 2 amide bonds. The maximum atomic E-state index is 13.5. The molecule has 0 bridgehead atoms. The predicted molar refractivity (Wildman–Crippen MR) is 135 cm³/mol. The van der Waals surface area contributed by atoms with E-state index < -0.39 is 5.66 Å². The molecule has 3 aromatic rings. The molecule has 1 unspecified atom stereocenters. The summed E-state index contributed by atoms with van der Waals surface area (Å²) in [4.78, 5) is 31.8. The van der Waals surface area contributed by atoms with Crippen molar-refractivity contribution in [1.29, 1.82) is 0 Å². The van der Waals surface area contributed by atoms with Crippen molar-refractivity contribution in [3.8, 4) is 0 Å². The molecule has 3 aliphatic heterocycles. The molecule has 0 saturated carbocycles. The number of carbonyl (C=O) groups excluding carboxylic acids is 2. The number of hydrogen-bond acceptors (Lipinski definition) is 6. The first-order valence-electron chi connectivity index (χ1n) is 10.6. The van der Waals surface area contributed by atoms with Gasteiger partial charge >= 0.3 is 0 Å². The molecule has 6 rings (SSSR count). The van der Waals surface area contributed by atoms with E-state index >= 15 is 0 Å². The molecule has 7 nitrogen and oxygen atoms in total. The molecule has 9 heteroatoms. The largest absolute Gasteiger partial charge is 0.321 e. The van der Waals surface area contributed by atoms with Crippen LogP contribution in [-0.2, 0) is 21.0 Å². The van der Waals surface area contributed by atoms with Crippen LogP contribution in [0.15, 0.2) is 81.3 Å². The number of rotatable bonds is 2. The molecule has 0 radical (unpaired) electrons. The number of para-hydroxylation sites is 1. The van der Waals surface area contributed by atoms with Gasteiger partial charge in [-0.15, -0.1) is 5.10 Å². The van der Waals surface area contributed by atoms with Gasteiger partial charge in [-0.1, -0.05) is 75.7 Å². The number of carbonyl (C=O) groups is 2. The average Bonchev–Trinajstić information content (AvgIpc) is 3.10. The minimum atomic E-state index is -1.52. The molecule has 0 aromatic heterocycles. The van der Waals surface area contributed by atoms with Gasteiger partial charge in [0, 0.05) is 26.7 Å². The Hall–Kier alpha value is -3.43. The summed E-state index contributed by atoms with van der Waals surface area (Å²) in [7, 11) is 0. The number of nitrogens with zero attached hydrogens (tertiary/aromatic N) is 3. The zero-order valence-electron chi connectivity index (χ0n) is 18.0. The summed E-state index contributed by atoms with van der Waals surface area (Å²) in [5, 5.41) is 13.7. The molecule has 0 aliphatic carbocycles. The zero-order valence-corrected chi connectivity index (χ0v) is 20.4. The Labute approximate surface area is 207 Å². The molecule has 1 atom stereocenters. The third-order valence-corrected chi connectivity index (χ3v) is 7.43. The molecule has 3 aliphatic rings. The molecule has 3 aromatic carbocycles. The van der Waals surface area contributed by atoms with E-state index in [-0.39, 0.29) is 11.8 Å². The van der Waals surface area contributed by atoms with Crippen LogP contribution in [0.25, 0.3) is 5.70 Å². The number of anilines is 1. The number of halogens is 1. The van der Waals surface area contributed by atoms with E-state index in [2.05, 4.69) is 50.8 Å². The highest BCUT2D eigenvalue weighted by Gasteiger charge is 2.56. The number of benzene rings is 3. The van der Waals surface area contributed by atoms with Gasteiger partial charge in [0.2, 0.25) is 0 Å². The van der Waals surface area contributed by atoms with E-state index in [1.807, 2.05) is 49.4 Å². The summed E-state index contributed by atoms with van der Waals surface area (Å²) in [5.74, 6) is -0.0502. The number of thioether (sulfide) groups is 1. The van der Waals surface area contributed by atoms with E-state index in [0.717, 1.165) is 10.0 Å². The second-order valence-corrected chi connectivity index (χ2v) is 10.1. The highest BCUT2D eigenvalue weighted by atomic mass is 79.9. The van der Waals surface area contributed by atoms with Crippen LogP contribution in [-0.4, -0.2) is 22.0 Å². The number of nitrogens with one attached hydrogen (secondary N) is 2. The van der Waals surface area contributed by atoms with E-state index in [1.54, 1.807) is 0 Å². The van der Waals surface area contributed by atoms with Crippen LogP contribution in [0.1, 0.15) is 16.7 Å². The standard InChI is InChI=1S/C25H18BrN5O2S/c1-14-6-8-15(9-7-14)13-34-24-28-22(32)21-17-4-2-3-5-19(17)29-25(31(21)30-24)18-12-16(26)10-11-20(18)27-23(25)33/h2-12H,13H2,1H3,(H,27,33)(H,28,30,32). The molecule has 1 spiro atoms. The van der Waals surface area contributed by atoms with Gasteiger partial charge in [-0.3, -0.25) is 14.9 Å². The first kappa shape index (κ1) is 21.1. The van der Waals surface area contributed by atoms with Gasteiger partial charge in [0.1, 0.15) is 5.70 Å². The fourth-order valence-electron chi connectivity index (χ4n) is 4.35. The van der Waals surface area contributed by atoms with Crippen molar-refractivity contribution in [2.45, 2.75) is 18.3 Å². The molecule has 2 N–H and O–H groups in total. The van der Waals surface area contributed by atoms with Gasteiger partial charge in [-0.05, 0) is 36.8 Å². The highest BCUT2D eigenvalue weighted by molar-refractivity contribution is 9.10. The molecular weight excluding hydrogens is 514 g/mol. The van der Waals surface area contributed by atoms with Gasteiger partial charge in [-0.2, -0.15) is 0 Å². The lowest BCUT2D eigenvalue weighted by Crippen LogP contribution is -2.59. The number of aryl methyl sites for hydroxylation is 1. The number of hydrazone groups is 1. The third-order valence-electron chi connectivity index (χ3n) is 6.00. The van der Waals surface area contributed by atoms with Gasteiger partial charge < -0.3 is 5.32 Å². The maximum Gasteiger partial charge on any atom is 0.279 e. The van der Waals surface area contributed by atoms with Crippen molar-refractivity contribution in [3.05, 3.63) is 98.5 Å². The van der Waals surface area contributed by atoms with Crippen LogP contribution in [0, 0.1) is 6.92 Å². The average molecular weight is 532 g/mol. The zero-order chi connectivity index (χ0) is 23.4. The highest BCUT2D eigenvalue weighted by Crippen LogP contribution is 2.46. The van der Waals surface area contributed by atoms with Gasteiger partial charge in [0.05, 0.1) is 5.36 Å².